The minimum absolute atomic E-state index is 0.147. The number of fused-ring (bicyclic) bond motifs is 1. The second-order valence-corrected chi connectivity index (χ2v) is 5.75. The molecule has 0 radical (unpaired) electrons. The fraction of sp³-hybridized carbons (Fsp3) is 0.438. The lowest BCUT2D eigenvalue weighted by Crippen LogP contribution is -2.36. The Morgan fingerprint density at radius 2 is 2.00 bits per heavy atom. The molecule has 1 aliphatic rings. The lowest BCUT2D eigenvalue weighted by Gasteiger charge is -2.16. The van der Waals surface area contributed by atoms with Crippen molar-refractivity contribution in [3.8, 4) is 0 Å². The Hall–Kier alpha value is -2.77. The van der Waals surface area contributed by atoms with E-state index in [1.807, 2.05) is 0 Å². The molecule has 0 aliphatic heterocycles. The Morgan fingerprint density at radius 1 is 1.17 bits per heavy atom. The molecule has 0 atom stereocenters. The summed E-state index contributed by atoms with van der Waals surface area (Å²) in [7, 11) is 0. The van der Waals surface area contributed by atoms with Gasteiger partial charge in [0.25, 0.3) is 11.1 Å². The van der Waals surface area contributed by atoms with Crippen LogP contribution in [0.2, 0.25) is 0 Å². The molecule has 0 saturated carbocycles. The molecule has 0 unspecified atom stereocenters. The third-order valence-corrected chi connectivity index (χ3v) is 4.00. The zero-order chi connectivity index (χ0) is 16.9. The van der Waals surface area contributed by atoms with Gasteiger partial charge in [0.05, 0.1) is 12.2 Å². The van der Waals surface area contributed by atoms with Crippen molar-refractivity contribution in [3.05, 3.63) is 56.4 Å². The largest absolute Gasteiger partial charge is 0.353 e. The van der Waals surface area contributed by atoms with Crippen LogP contribution >= 0.6 is 0 Å². The number of amides is 1. The highest BCUT2D eigenvalue weighted by Gasteiger charge is 2.13. The second kappa shape index (κ2) is 7.20. The van der Waals surface area contributed by atoms with Crippen molar-refractivity contribution >= 4 is 5.91 Å². The Morgan fingerprint density at radius 3 is 2.83 bits per heavy atom. The summed E-state index contributed by atoms with van der Waals surface area (Å²) >= 11 is 0. The minimum Gasteiger partial charge on any atom is -0.353 e. The van der Waals surface area contributed by atoms with Crippen LogP contribution in [-0.2, 0) is 30.7 Å². The fourth-order valence-electron chi connectivity index (χ4n) is 2.76. The van der Waals surface area contributed by atoms with Gasteiger partial charge in [0.1, 0.15) is 6.54 Å². The topological polar surface area (TPSA) is 98.9 Å². The first-order chi connectivity index (χ1) is 11.6. The monoisotopic (exact) mass is 329 g/mol. The number of carbonyl (C=O) groups excluding carboxylic acids is 1. The number of nitrogens with zero attached hydrogens (tertiary/aromatic N) is 4. The summed E-state index contributed by atoms with van der Waals surface area (Å²) in [6.45, 7) is 0.424. The van der Waals surface area contributed by atoms with Crippen molar-refractivity contribution in [2.75, 3.05) is 6.54 Å². The van der Waals surface area contributed by atoms with Gasteiger partial charge in [-0.1, -0.05) is 0 Å². The van der Waals surface area contributed by atoms with Crippen LogP contribution in [0.4, 0.5) is 0 Å². The molecular weight excluding hydrogens is 310 g/mol. The van der Waals surface area contributed by atoms with E-state index in [1.165, 1.54) is 23.0 Å². The summed E-state index contributed by atoms with van der Waals surface area (Å²) in [4.78, 5) is 35.4. The third kappa shape index (κ3) is 3.76. The summed E-state index contributed by atoms with van der Waals surface area (Å²) in [6, 6.07) is 4.51. The summed E-state index contributed by atoms with van der Waals surface area (Å²) in [6.07, 6.45) is 5.44. The van der Waals surface area contributed by atoms with Crippen LogP contribution in [-0.4, -0.2) is 32.0 Å². The van der Waals surface area contributed by atoms with Crippen LogP contribution in [0.25, 0.3) is 0 Å². The van der Waals surface area contributed by atoms with Gasteiger partial charge in [0.15, 0.2) is 0 Å². The first-order valence-corrected chi connectivity index (χ1v) is 8.02. The molecule has 1 aliphatic carbocycles. The molecule has 0 aromatic carbocycles. The van der Waals surface area contributed by atoms with Gasteiger partial charge in [0.2, 0.25) is 5.91 Å². The number of nitrogens with one attached hydrogen (secondary N) is 1. The molecular formula is C16H19N5O3. The highest BCUT2D eigenvalue weighted by molar-refractivity contribution is 5.75. The van der Waals surface area contributed by atoms with Crippen LogP contribution in [0.15, 0.2) is 34.0 Å². The van der Waals surface area contributed by atoms with E-state index < -0.39 is 0 Å². The van der Waals surface area contributed by atoms with Gasteiger partial charge in [-0.05, 0) is 37.3 Å². The normalized spacial score (nSPS) is 13.3. The van der Waals surface area contributed by atoms with Crippen LogP contribution in [0, 0.1) is 0 Å². The van der Waals surface area contributed by atoms with Crippen LogP contribution in [0.3, 0.4) is 0 Å². The lowest BCUT2D eigenvalue weighted by atomic mass is 9.97. The highest BCUT2D eigenvalue weighted by Crippen LogP contribution is 2.16. The molecule has 1 amide bonds. The fourth-order valence-corrected chi connectivity index (χ4v) is 2.76. The summed E-state index contributed by atoms with van der Waals surface area (Å²) in [5.74, 6) is -0.332. The van der Waals surface area contributed by atoms with Crippen LogP contribution in [0.5, 0.6) is 0 Å². The van der Waals surface area contributed by atoms with E-state index in [0.717, 1.165) is 41.6 Å². The average molecular weight is 329 g/mol. The van der Waals surface area contributed by atoms with Crippen molar-refractivity contribution in [1.29, 1.82) is 0 Å². The van der Waals surface area contributed by atoms with Crippen LogP contribution < -0.4 is 16.4 Å². The standard InChI is InChI=1S/C16H19N5O3/c22-14(11-21-15(23)6-3-7-18-21)17-8-9-20-16(24)10-12-4-1-2-5-13(12)19-20/h3,6-7,10H,1-2,4-5,8-9,11H2,(H,17,22). The van der Waals surface area contributed by atoms with Crippen LogP contribution in [0.1, 0.15) is 24.1 Å². The van der Waals surface area contributed by atoms with E-state index in [4.69, 9.17) is 0 Å². The Kier molecular flexibility index (Phi) is 4.83. The number of carbonyl (C=O) groups is 1. The molecule has 3 rings (SSSR count). The average Bonchev–Trinajstić information content (AvgIpc) is 2.57. The number of aromatic nitrogens is 4. The molecule has 2 heterocycles. The van der Waals surface area contributed by atoms with E-state index in [1.54, 1.807) is 6.07 Å². The van der Waals surface area contributed by atoms with Gasteiger partial charge in [-0.25, -0.2) is 9.36 Å². The molecule has 8 heteroatoms. The predicted molar refractivity (Wildman–Crippen MR) is 86.6 cm³/mol. The van der Waals surface area contributed by atoms with Crippen molar-refractivity contribution in [2.45, 2.75) is 38.8 Å². The molecule has 126 valence electrons. The zero-order valence-corrected chi connectivity index (χ0v) is 13.3. The minimum atomic E-state index is -0.333. The zero-order valence-electron chi connectivity index (χ0n) is 13.3. The summed E-state index contributed by atoms with van der Waals surface area (Å²) in [5.41, 5.74) is 1.54. The molecule has 0 saturated heterocycles. The number of aryl methyl sites for hydroxylation is 2. The SMILES string of the molecule is O=C(Cn1ncccc1=O)NCCn1nc2c(cc1=O)CCCC2. The number of hydrogen-bond donors (Lipinski definition) is 1. The molecule has 0 spiro atoms. The Balaban J connectivity index is 1.57. The third-order valence-electron chi connectivity index (χ3n) is 4.00. The van der Waals surface area contributed by atoms with Gasteiger partial charge >= 0.3 is 0 Å². The Labute approximate surface area is 138 Å². The van der Waals surface area contributed by atoms with Crippen molar-refractivity contribution < 1.29 is 4.79 Å². The lowest BCUT2D eigenvalue weighted by molar-refractivity contribution is -0.121. The smallest absolute Gasteiger partial charge is 0.267 e. The maximum atomic E-state index is 12.0. The quantitative estimate of drug-likeness (QED) is 0.797. The van der Waals surface area contributed by atoms with Gasteiger partial charge in [0, 0.05) is 24.9 Å². The molecule has 1 N–H and O–H groups in total. The van der Waals surface area contributed by atoms with Crippen molar-refractivity contribution in [1.82, 2.24) is 24.9 Å². The first-order valence-electron chi connectivity index (χ1n) is 8.02. The molecule has 24 heavy (non-hydrogen) atoms. The Bertz CT molecular complexity index is 855. The molecule has 2 aromatic rings. The van der Waals surface area contributed by atoms with Gasteiger partial charge in [-0.3, -0.25) is 14.4 Å². The van der Waals surface area contributed by atoms with Crippen molar-refractivity contribution in [3.63, 3.8) is 0 Å². The highest BCUT2D eigenvalue weighted by atomic mass is 16.2. The van der Waals surface area contributed by atoms with E-state index in [2.05, 4.69) is 15.5 Å². The number of rotatable bonds is 5. The first kappa shape index (κ1) is 16.1. The maximum absolute atomic E-state index is 12.0. The maximum Gasteiger partial charge on any atom is 0.267 e. The van der Waals surface area contributed by atoms with E-state index in [9.17, 15) is 14.4 Å². The molecule has 0 fully saturated rings. The predicted octanol–water partition coefficient (Wildman–Crippen LogP) is -0.505. The van der Waals surface area contributed by atoms with E-state index in [-0.39, 0.29) is 30.1 Å². The molecule has 2 aromatic heterocycles. The van der Waals surface area contributed by atoms with E-state index >= 15 is 0 Å². The molecule has 0 bridgehead atoms. The molecule has 8 nitrogen and oxygen atoms in total. The van der Waals surface area contributed by atoms with Gasteiger partial charge in [-0.15, -0.1) is 0 Å². The second-order valence-electron chi connectivity index (χ2n) is 5.75. The van der Waals surface area contributed by atoms with Crippen molar-refractivity contribution in [2.24, 2.45) is 0 Å². The summed E-state index contributed by atoms with van der Waals surface area (Å²) < 4.78 is 2.47. The van der Waals surface area contributed by atoms with E-state index in [0.29, 0.717) is 6.54 Å². The number of hydrogen-bond acceptors (Lipinski definition) is 5. The van der Waals surface area contributed by atoms with Gasteiger partial charge < -0.3 is 5.32 Å². The summed E-state index contributed by atoms with van der Waals surface area (Å²) in [5, 5.41) is 10.9. The van der Waals surface area contributed by atoms with Gasteiger partial charge in [-0.2, -0.15) is 10.2 Å².